The fourth-order valence-electron chi connectivity index (χ4n) is 1.60. The molecule has 0 radical (unpaired) electrons. The van der Waals surface area contributed by atoms with E-state index in [4.69, 9.17) is 0 Å². The van der Waals surface area contributed by atoms with Crippen molar-refractivity contribution in [2.45, 2.75) is 45.5 Å². The van der Waals surface area contributed by atoms with Crippen LogP contribution in [0.5, 0.6) is 0 Å². The van der Waals surface area contributed by atoms with Gasteiger partial charge in [0.2, 0.25) is 5.91 Å². The summed E-state index contributed by atoms with van der Waals surface area (Å²) in [6, 6.07) is -0.0349. The predicted molar refractivity (Wildman–Crippen MR) is 62.9 cm³/mol. The molecule has 6 nitrogen and oxygen atoms in total. The summed E-state index contributed by atoms with van der Waals surface area (Å²) in [5.41, 5.74) is -0.827. The van der Waals surface area contributed by atoms with E-state index in [2.05, 4.69) is 15.6 Å². The minimum atomic E-state index is -5.00. The third-order valence-corrected chi connectivity index (χ3v) is 2.46. The summed E-state index contributed by atoms with van der Waals surface area (Å²) in [5.74, 6) is -2.48. The number of carbonyl (C=O) groups excluding carboxylic acids is 2. The molecule has 0 aliphatic rings. The van der Waals surface area contributed by atoms with Gasteiger partial charge in [-0.3, -0.25) is 9.59 Å². The Morgan fingerprint density at radius 3 is 2.65 bits per heavy atom. The Hall–Kier alpha value is -1.93. The van der Waals surface area contributed by atoms with E-state index >= 15 is 0 Å². The maximum atomic E-state index is 12.2. The van der Waals surface area contributed by atoms with Gasteiger partial charge in [0.1, 0.15) is 6.54 Å². The van der Waals surface area contributed by atoms with Crippen LogP contribution in [0, 0.1) is 0 Å². The van der Waals surface area contributed by atoms with Crippen LogP contribution in [0.2, 0.25) is 0 Å². The molecule has 0 aliphatic heterocycles. The molecule has 9 heteroatoms. The number of hydrogen-bond donors (Lipinski definition) is 1. The molecule has 0 aliphatic carbocycles. The molecule has 0 saturated heterocycles. The van der Waals surface area contributed by atoms with Crippen molar-refractivity contribution >= 4 is 11.7 Å². The molecule has 0 bridgehead atoms. The van der Waals surface area contributed by atoms with Crippen molar-refractivity contribution in [3.05, 3.63) is 11.9 Å². The average Bonchev–Trinajstić information content (AvgIpc) is 2.74. The quantitative estimate of drug-likeness (QED) is 0.802. The summed E-state index contributed by atoms with van der Waals surface area (Å²) < 4.78 is 37.4. The van der Waals surface area contributed by atoms with E-state index in [9.17, 15) is 22.8 Å². The van der Waals surface area contributed by atoms with Crippen LogP contribution in [-0.4, -0.2) is 38.9 Å². The number of Topliss-reactive ketones (excluding diaryl/α,β-unsaturated/α-hetero) is 1. The second-order valence-electron chi connectivity index (χ2n) is 4.39. The highest BCUT2D eigenvalue weighted by molar-refractivity contribution is 5.98. The molecule has 1 aromatic heterocycles. The maximum Gasteiger partial charge on any atom is 0.456 e. The van der Waals surface area contributed by atoms with Gasteiger partial charge in [-0.15, -0.1) is 5.10 Å². The Kier molecular flexibility index (Phi) is 5.23. The normalized spacial score (nSPS) is 13.1. The van der Waals surface area contributed by atoms with Gasteiger partial charge in [0.15, 0.2) is 5.69 Å². The molecule has 1 rings (SSSR count). The number of alkyl halides is 3. The molecule has 0 aromatic carbocycles. The van der Waals surface area contributed by atoms with Crippen molar-refractivity contribution < 1.29 is 22.8 Å². The first-order valence-electron chi connectivity index (χ1n) is 6.05. The number of carbonyl (C=O) groups is 2. The van der Waals surface area contributed by atoms with Crippen molar-refractivity contribution in [3.8, 4) is 0 Å². The largest absolute Gasteiger partial charge is 0.456 e. The average molecular weight is 292 g/mol. The summed E-state index contributed by atoms with van der Waals surface area (Å²) in [5, 5.41) is 9.11. The minimum Gasteiger partial charge on any atom is -0.352 e. The van der Waals surface area contributed by atoms with Crippen molar-refractivity contribution in [2.24, 2.45) is 0 Å². The highest BCUT2D eigenvalue weighted by Gasteiger charge is 2.41. The summed E-state index contributed by atoms with van der Waals surface area (Å²) >= 11 is 0. The number of ketones is 1. The second-order valence-corrected chi connectivity index (χ2v) is 4.39. The van der Waals surface area contributed by atoms with Gasteiger partial charge in [0.05, 0.1) is 6.20 Å². The smallest absolute Gasteiger partial charge is 0.352 e. The molecule has 1 unspecified atom stereocenters. The van der Waals surface area contributed by atoms with Crippen LogP contribution in [0.3, 0.4) is 0 Å². The fourth-order valence-corrected chi connectivity index (χ4v) is 1.60. The fraction of sp³-hybridized carbons (Fsp3) is 0.636. The third-order valence-electron chi connectivity index (χ3n) is 2.46. The van der Waals surface area contributed by atoms with Gasteiger partial charge in [-0.2, -0.15) is 13.2 Å². The molecule has 1 atom stereocenters. The molecule has 0 saturated carbocycles. The summed E-state index contributed by atoms with van der Waals surface area (Å²) in [6.07, 6.45) is -2.51. The molecule has 1 aromatic rings. The molecule has 1 heterocycles. The zero-order valence-electron chi connectivity index (χ0n) is 11.1. The Balaban J connectivity index is 2.60. The van der Waals surface area contributed by atoms with E-state index in [-0.39, 0.29) is 12.6 Å². The Labute approximate surface area is 113 Å². The van der Waals surface area contributed by atoms with Crippen molar-refractivity contribution in [1.29, 1.82) is 0 Å². The Morgan fingerprint density at radius 1 is 1.45 bits per heavy atom. The Morgan fingerprint density at radius 2 is 2.10 bits per heavy atom. The second kappa shape index (κ2) is 6.49. The van der Waals surface area contributed by atoms with Crippen molar-refractivity contribution in [1.82, 2.24) is 20.3 Å². The predicted octanol–water partition coefficient (Wildman–Crippen LogP) is 1.33. The van der Waals surface area contributed by atoms with Crippen molar-refractivity contribution in [3.63, 3.8) is 0 Å². The lowest BCUT2D eigenvalue weighted by atomic mass is 10.2. The monoisotopic (exact) mass is 292 g/mol. The summed E-state index contributed by atoms with van der Waals surface area (Å²) in [7, 11) is 0. The maximum absolute atomic E-state index is 12.2. The molecule has 1 amide bonds. The van der Waals surface area contributed by atoms with E-state index in [1.165, 1.54) is 0 Å². The number of aromatic nitrogens is 3. The number of rotatable bonds is 6. The molecule has 1 N–H and O–H groups in total. The zero-order chi connectivity index (χ0) is 15.3. The van der Waals surface area contributed by atoms with E-state index in [0.29, 0.717) is 0 Å². The lowest BCUT2D eigenvalue weighted by Crippen LogP contribution is -2.35. The summed E-state index contributed by atoms with van der Waals surface area (Å²) in [6.45, 7) is 3.50. The van der Waals surface area contributed by atoms with E-state index < -0.39 is 23.6 Å². The summed E-state index contributed by atoms with van der Waals surface area (Å²) in [4.78, 5) is 22.5. The van der Waals surface area contributed by atoms with E-state index in [0.717, 1.165) is 23.7 Å². The molecular formula is C11H15F3N4O2. The van der Waals surface area contributed by atoms with Crippen LogP contribution in [0.25, 0.3) is 0 Å². The molecular weight excluding hydrogens is 277 g/mol. The van der Waals surface area contributed by atoms with Crippen LogP contribution in [0.1, 0.15) is 37.2 Å². The van der Waals surface area contributed by atoms with Gasteiger partial charge in [-0.25, -0.2) is 4.68 Å². The lowest BCUT2D eigenvalue weighted by molar-refractivity contribution is -0.122. The molecule has 20 heavy (non-hydrogen) atoms. The van der Waals surface area contributed by atoms with Gasteiger partial charge in [0.25, 0.3) is 5.78 Å². The van der Waals surface area contributed by atoms with Crippen molar-refractivity contribution in [2.75, 3.05) is 0 Å². The van der Waals surface area contributed by atoms with Gasteiger partial charge >= 0.3 is 6.18 Å². The molecule has 112 valence electrons. The van der Waals surface area contributed by atoms with Gasteiger partial charge in [-0.05, 0) is 13.3 Å². The Bertz CT molecular complexity index is 484. The molecule has 0 fully saturated rings. The number of nitrogens with zero attached hydrogens (tertiary/aromatic N) is 3. The molecule has 0 spiro atoms. The van der Waals surface area contributed by atoms with Gasteiger partial charge in [0, 0.05) is 6.04 Å². The van der Waals surface area contributed by atoms with Crippen LogP contribution in [0.4, 0.5) is 13.2 Å². The standard InChI is InChI=1S/C11H15F3N4O2/c1-3-4-7(2)15-9(19)6-18-5-8(16-17-18)10(20)11(12,13)14/h5,7H,3-4,6H2,1-2H3,(H,15,19). The van der Waals surface area contributed by atoms with Crippen LogP contribution in [-0.2, 0) is 11.3 Å². The highest BCUT2D eigenvalue weighted by Crippen LogP contribution is 2.19. The van der Waals surface area contributed by atoms with Crippen LogP contribution < -0.4 is 5.32 Å². The van der Waals surface area contributed by atoms with Crippen LogP contribution in [0.15, 0.2) is 6.20 Å². The topological polar surface area (TPSA) is 76.9 Å². The van der Waals surface area contributed by atoms with Gasteiger partial charge < -0.3 is 5.32 Å². The zero-order valence-corrected chi connectivity index (χ0v) is 11.1. The number of amides is 1. The first-order chi connectivity index (χ1) is 9.24. The van der Waals surface area contributed by atoms with Gasteiger partial charge in [-0.1, -0.05) is 18.6 Å². The lowest BCUT2D eigenvalue weighted by Gasteiger charge is -2.12. The SMILES string of the molecule is CCCC(C)NC(=O)Cn1cc(C(=O)C(F)(F)F)nn1. The number of nitrogens with one attached hydrogen (secondary N) is 1. The van der Waals surface area contributed by atoms with E-state index in [1.54, 1.807) is 0 Å². The van der Waals surface area contributed by atoms with Crippen LogP contribution >= 0.6 is 0 Å². The van der Waals surface area contributed by atoms with E-state index in [1.807, 2.05) is 13.8 Å². The highest BCUT2D eigenvalue weighted by atomic mass is 19.4. The minimum absolute atomic E-state index is 0.0349. The number of hydrogen-bond acceptors (Lipinski definition) is 4. The first kappa shape index (κ1) is 16.1. The first-order valence-corrected chi connectivity index (χ1v) is 6.05. The number of halogens is 3. The third kappa shape index (κ3) is 4.63.